The molecule has 0 amide bonds. The fraction of sp³-hybridized carbons (Fsp3) is 0.615. The van der Waals surface area contributed by atoms with E-state index in [1.54, 1.807) is 12.4 Å². The maximum atomic E-state index is 16.3. The molecular formula is C26H40F5IN4Si2. The Labute approximate surface area is 238 Å². The van der Waals surface area contributed by atoms with E-state index in [1.807, 2.05) is 105 Å². The van der Waals surface area contributed by atoms with Gasteiger partial charge in [0.25, 0.3) is 0 Å². The van der Waals surface area contributed by atoms with Gasteiger partial charge in [-0.3, -0.25) is 0 Å². The fourth-order valence-electron chi connectivity index (χ4n) is 5.62. The lowest BCUT2D eigenvalue weighted by molar-refractivity contribution is 0.251. The maximum Gasteiger partial charge on any atom is 0.369 e. The zero-order valence-electron chi connectivity index (χ0n) is 24.4. The Bertz CT molecular complexity index is 1100. The Kier molecular flexibility index (Phi) is 7.49. The smallest absolute Gasteiger partial charge is 0.369 e. The topological polar surface area (TPSA) is 13.0 Å². The van der Waals surface area contributed by atoms with Gasteiger partial charge in [-0.2, -0.15) is 0 Å². The van der Waals surface area contributed by atoms with Crippen molar-refractivity contribution in [3.05, 3.63) is 53.9 Å². The second-order valence-electron chi connectivity index (χ2n) is 14.0. The highest BCUT2D eigenvalue weighted by molar-refractivity contribution is 14.1. The van der Waals surface area contributed by atoms with Crippen molar-refractivity contribution >= 4 is 40.3 Å². The molecule has 0 unspecified atom stereocenters. The van der Waals surface area contributed by atoms with Crippen LogP contribution in [0.15, 0.2) is 24.8 Å². The van der Waals surface area contributed by atoms with E-state index in [0.717, 1.165) is 0 Å². The van der Waals surface area contributed by atoms with Crippen molar-refractivity contribution in [1.29, 1.82) is 0 Å². The van der Waals surface area contributed by atoms with Crippen molar-refractivity contribution in [2.24, 2.45) is 0 Å². The van der Waals surface area contributed by atoms with Crippen LogP contribution in [0.4, 0.5) is 22.0 Å². The molecule has 1 aromatic carbocycles. The highest BCUT2D eigenvalue weighted by atomic mass is 127. The van der Waals surface area contributed by atoms with Crippen molar-refractivity contribution in [3.8, 4) is 0 Å². The quantitative estimate of drug-likeness (QED) is 0.0843. The normalized spacial score (nSPS) is 19.8. The van der Waals surface area contributed by atoms with Crippen LogP contribution in [0, 0.1) is 29.1 Å². The maximum absolute atomic E-state index is 16.3. The van der Waals surface area contributed by atoms with Gasteiger partial charge in [0.2, 0.25) is 5.82 Å². The summed E-state index contributed by atoms with van der Waals surface area (Å²) >= 11 is 2.37. The van der Waals surface area contributed by atoms with Crippen LogP contribution in [0.25, 0.3) is 0 Å². The van der Waals surface area contributed by atoms with Gasteiger partial charge in [-0.15, -0.1) is 0 Å². The van der Waals surface area contributed by atoms with E-state index < -0.39 is 69.8 Å². The molecule has 0 fully saturated rings. The number of benzene rings is 1. The molecule has 0 saturated carbocycles. The molecule has 38 heavy (non-hydrogen) atoms. The molecule has 0 spiro atoms. The molecule has 0 aromatic heterocycles. The van der Waals surface area contributed by atoms with E-state index in [0.29, 0.717) is 0 Å². The number of rotatable bonds is 2. The first-order chi connectivity index (χ1) is 16.9. The first kappa shape index (κ1) is 31.2. The van der Waals surface area contributed by atoms with Crippen LogP contribution < -0.4 is 5.19 Å². The molecule has 1 aromatic rings. The summed E-state index contributed by atoms with van der Waals surface area (Å²) in [5.41, 5.74) is -6.01. The summed E-state index contributed by atoms with van der Waals surface area (Å²) in [4.78, 5) is 0. The van der Waals surface area contributed by atoms with Crippen LogP contribution in [0.1, 0.15) is 83.1 Å². The summed E-state index contributed by atoms with van der Waals surface area (Å²) in [6.45, 7) is 23.5. The number of nitrogens with zero attached hydrogens (tertiary/aromatic N) is 4. The molecule has 0 N–H and O–H groups in total. The van der Waals surface area contributed by atoms with Gasteiger partial charge >= 0.3 is 13.3 Å². The monoisotopic (exact) mass is 686 g/mol. The predicted octanol–water partition coefficient (Wildman–Crippen LogP) is 6.86. The van der Waals surface area contributed by atoms with Crippen LogP contribution >= 0.6 is 21.8 Å². The third-order valence-electron chi connectivity index (χ3n) is 6.96. The van der Waals surface area contributed by atoms with Gasteiger partial charge in [0.1, 0.15) is 0 Å². The van der Waals surface area contributed by atoms with Gasteiger partial charge in [-0.1, -0.05) is 21.8 Å². The van der Waals surface area contributed by atoms with Crippen molar-refractivity contribution in [3.63, 3.8) is 0 Å². The van der Waals surface area contributed by atoms with Crippen LogP contribution in [0.3, 0.4) is 0 Å². The standard InChI is InChI=1S/C26H40F5IN4Si2/c1-23(2,3)33-13-14-34(24(4,5)6)37(33,22-20(30)18(28)17(27)19(29)21(22)31)38(32)35(25(7,8)9)15-16-36(38)26(10,11)12/h13-16H,1-12H3. The van der Waals surface area contributed by atoms with E-state index in [4.69, 9.17) is 0 Å². The lowest BCUT2D eigenvalue weighted by atomic mass is 10.1. The molecule has 0 atom stereocenters. The van der Waals surface area contributed by atoms with Gasteiger partial charge in [0.05, 0.1) is 5.19 Å². The van der Waals surface area contributed by atoms with Crippen LogP contribution in [-0.4, -0.2) is 53.7 Å². The molecular weight excluding hydrogens is 646 g/mol. The Morgan fingerprint density at radius 3 is 0.974 bits per heavy atom. The largest absolute Gasteiger partial charge is 0.376 e. The van der Waals surface area contributed by atoms with Crippen molar-refractivity contribution < 1.29 is 22.0 Å². The highest BCUT2D eigenvalue weighted by Gasteiger charge is 2.78. The number of halogens is 6. The average molecular weight is 687 g/mol. The molecule has 2 aliphatic heterocycles. The second kappa shape index (κ2) is 9.11. The molecule has 0 radical (unpaired) electrons. The van der Waals surface area contributed by atoms with Gasteiger partial charge in [-0.25, -0.2) is 22.0 Å². The van der Waals surface area contributed by atoms with Gasteiger partial charge in [-0.05, 0) is 83.1 Å². The molecule has 214 valence electrons. The molecule has 0 aliphatic carbocycles. The van der Waals surface area contributed by atoms with Gasteiger partial charge < -0.3 is 18.3 Å². The van der Waals surface area contributed by atoms with Gasteiger partial charge in [0, 0.05) is 47.0 Å². The summed E-state index contributed by atoms with van der Waals surface area (Å²) in [7, 11) is -4.18. The summed E-state index contributed by atoms with van der Waals surface area (Å²) < 4.78 is 85.5. The van der Waals surface area contributed by atoms with E-state index in [9.17, 15) is 4.39 Å². The lowest BCUT2D eigenvalue weighted by Gasteiger charge is -2.63. The van der Waals surface area contributed by atoms with Crippen molar-refractivity contribution in [1.82, 2.24) is 18.3 Å². The van der Waals surface area contributed by atoms with E-state index in [2.05, 4.69) is 30.9 Å². The second-order valence-corrected chi connectivity index (χ2v) is 30.7. The lowest BCUT2D eigenvalue weighted by Crippen LogP contribution is -2.93. The Morgan fingerprint density at radius 2 is 0.711 bits per heavy atom. The third kappa shape index (κ3) is 4.31. The van der Waals surface area contributed by atoms with E-state index in [-0.39, 0.29) is 0 Å². The summed E-state index contributed by atoms with van der Waals surface area (Å²) in [5.74, 6) is -9.47. The van der Waals surface area contributed by atoms with Crippen LogP contribution in [0.2, 0.25) is 0 Å². The zero-order valence-corrected chi connectivity index (χ0v) is 28.5. The molecule has 12 heteroatoms. The minimum atomic E-state index is -4.18. The van der Waals surface area contributed by atoms with Crippen molar-refractivity contribution in [2.45, 2.75) is 105 Å². The Balaban J connectivity index is 2.73. The molecule has 2 heterocycles. The average Bonchev–Trinajstić information content (AvgIpc) is 3.31. The number of hydrogen-bond acceptors (Lipinski definition) is 4. The molecule has 0 saturated heterocycles. The zero-order chi connectivity index (χ0) is 29.6. The molecule has 2 aliphatic rings. The van der Waals surface area contributed by atoms with Crippen LogP contribution in [-0.2, 0) is 0 Å². The molecule has 4 nitrogen and oxygen atoms in total. The fourth-order valence-corrected chi connectivity index (χ4v) is 36.6. The predicted molar refractivity (Wildman–Crippen MR) is 156 cm³/mol. The van der Waals surface area contributed by atoms with Crippen LogP contribution in [0.5, 0.6) is 0 Å². The molecule has 3 rings (SSSR count). The summed E-state index contributed by atoms with van der Waals surface area (Å²) in [5, 5.41) is -0.697. The van der Waals surface area contributed by atoms with E-state index in [1.165, 1.54) is 0 Å². The third-order valence-corrected chi connectivity index (χ3v) is 31.1. The summed E-state index contributed by atoms with van der Waals surface area (Å²) in [6.07, 6.45) is 7.46. The highest BCUT2D eigenvalue weighted by Crippen LogP contribution is 2.52. The van der Waals surface area contributed by atoms with Gasteiger partial charge in [0.15, 0.2) is 23.3 Å². The Morgan fingerprint density at radius 1 is 0.474 bits per heavy atom. The SMILES string of the molecule is CC(C)(C)N1C=CN(C(C)(C)C)[Si]1(I)[Si]1(c2c(F)c(F)c(F)c(F)c2F)N(C(C)(C)C)C=CN1C(C)(C)C. The Hall–Kier alpha value is -1.29. The van der Waals surface area contributed by atoms with Crippen molar-refractivity contribution in [2.75, 3.05) is 0 Å². The minimum absolute atomic E-state index is 0.524. The van der Waals surface area contributed by atoms with E-state index >= 15 is 17.6 Å². The first-order valence-electron chi connectivity index (χ1n) is 12.6. The summed E-state index contributed by atoms with van der Waals surface area (Å²) in [6, 6.07) is 0. The first-order valence-corrected chi connectivity index (χ1v) is 20.5. The number of hydrogen-bond donors (Lipinski definition) is 0. The minimum Gasteiger partial charge on any atom is -0.376 e. The molecule has 0 bridgehead atoms.